The summed E-state index contributed by atoms with van der Waals surface area (Å²) in [5, 5.41) is 0.434. The zero-order valence-electron chi connectivity index (χ0n) is 13.1. The van der Waals surface area contributed by atoms with Gasteiger partial charge in [0.05, 0.1) is 5.02 Å². The van der Waals surface area contributed by atoms with Gasteiger partial charge in [-0.1, -0.05) is 30.1 Å². The molecule has 24 heavy (non-hydrogen) atoms. The molecule has 0 saturated carbocycles. The predicted octanol–water partition coefficient (Wildman–Crippen LogP) is 1.84. The Labute approximate surface area is 158 Å². The molecule has 1 aliphatic rings. The summed E-state index contributed by atoms with van der Waals surface area (Å²) in [6.07, 6.45) is 0. The minimum atomic E-state index is -3.74. The molecule has 1 unspecified atom stereocenters. The van der Waals surface area contributed by atoms with Crippen molar-refractivity contribution in [3.63, 3.8) is 0 Å². The lowest BCUT2D eigenvalue weighted by Gasteiger charge is -2.35. The second-order valence-electron chi connectivity index (χ2n) is 5.44. The maximum Gasteiger partial charge on any atom is 0.244 e. The van der Waals surface area contributed by atoms with Crippen molar-refractivity contribution in [1.29, 1.82) is 0 Å². The Morgan fingerprint density at radius 3 is 2.38 bits per heavy atom. The highest BCUT2D eigenvalue weighted by Crippen LogP contribution is 2.28. The van der Waals surface area contributed by atoms with Gasteiger partial charge in [0.2, 0.25) is 15.9 Å². The number of nitrogens with zero attached hydrogens (tertiary/aromatic N) is 2. The summed E-state index contributed by atoms with van der Waals surface area (Å²) < 4.78 is 26.7. The van der Waals surface area contributed by atoms with Crippen LogP contribution in [0.2, 0.25) is 10.0 Å². The molecule has 2 rings (SSSR count). The van der Waals surface area contributed by atoms with E-state index in [2.05, 4.69) is 0 Å². The zero-order valence-corrected chi connectivity index (χ0v) is 16.3. The summed E-state index contributed by atoms with van der Waals surface area (Å²) in [6, 6.07) is 4.33. The first-order chi connectivity index (χ1) is 10.8. The van der Waals surface area contributed by atoms with E-state index in [-0.39, 0.29) is 53.8 Å². The first-order valence-electron chi connectivity index (χ1n) is 7.21. The number of benzene rings is 1. The van der Waals surface area contributed by atoms with Gasteiger partial charge in [-0.05, 0) is 18.2 Å². The monoisotopic (exact) mass is 415 g/mol. The fourth-order valence-electron chi connectivity index (χ4n) is 2.38. The molecule has 1 aromatic rings. The molecule has 136 valence electrons. The van der Waals surface area contributed by atoms with Crippen molar-refractivity contribution in [2.24, 2.45) is 11.7 Å². The summed E-state index contributed by atoms with van der Waals surface area (Å²) in [4.78, 5) is 13.7. The Hall–Kier alpha value is -0.570. The van der Waals surface area contributed by atoms with Crippen molar-refractivity contribution in [2.45, 2.75) is 11.8 Å². The molecule has 2 N–H and O–H groups in total. The molecule has 1 fully saturated rings. The summed E-state index contributed by atoms with van der Waals surface area (Å²) in [6.45, 7) is 3.14. The van der Waals surface area contributed by atoms with Crippen molar-refractivity contribution >= 4 is 51.5 Å². The van der Waals surface area contributed by atoms with Crippen molar-refractivity contribution in [3.8, 4) is 0 Å². The van der Waals surface area contributed by atoms with Crippen LogP contribution < -0.4 is 5.73 Å². The molecule has 1 aliphatic heterocycles. The Morgan fingerprint density at radius 2 is 1.83 bits per heavy atom. The number of hydrogen-bond acceptors (Lipinski definition) is 4. The van der Waals surface area contributed by atoms with Crippen LogP contribution in [0.25, 0.3) is 0 Å². The van der Waals surface area contributed by atoms with Gasteiger partial charge in [-0.3, -0.25) is 4.79 Å². The second kappa shape index (κ2) is 8.69. The third-order valence-corrected chi connectivity index (χ3v) is 6.45. The fourth-order valence-corrected chi connectivity index (χ4v) is 4.53. The van der Waals surface area contributed by atoms with Gasteiger partial charge in [0.15, 0.2) is 0 Å². The third kappa shape index (κ3) is 4.53. The lowest BCUT2D eigenvalue weighted by Crippen LogP contribution is -2.52. The molecule has 0 radical (unpaired) electrons. The summed E-state index contributed by atoms with van der Waals surface area (Å²) in [7, 11) is -3.74. The van der Waals surface area contributed by atoms with Gasteiger partial charge < -0.3 is 10.6 Å². The third-order valence-electron chi connectivity index (χ3n) is 3.84. The number of hydrogen-bond donors (Lipinski definition) is 1. The normalized spacial score (nSPS) is 17.2. The minimum absolute atomic E-state index is 0. The largest absolute Gasteiger partial charge is 0.340 e. The smallest absolute Gasteiger partial charge is 0.244 e. The van der Waals surface area contributed by atoms with E-state index in [1.165, 1.54) is 22.5 Å². The van der Waals surface area contributed by atoms with E-state index in [1.54, 1.807) is 11.8 Å². The van der Waals surface area contributed by atoms with Crippen LogP contribution in [0.5, 0.6) is 0 Å². The first-order valence-corrected chi connectivity index (χ1v) is 9.41. The SMILES string of the molecule is CC(CN)C(=O)N1CCN(S(=O)(=O)c2cc(Cl)ccc2Cl)CC1.Cl. The molecule has 6 nitrogen and oxygen atoms in total. The number of halogens is 3. The molecule has 1 amide bonds. The zero-order chi connectivity index (χ0) is 17.2. The van der Waals surface area contributed by atoms with E-state index < -0.39 is 10.0 Å². The molecule has 1 atom stereocenters. The maximum absolute atomic E-state index is 12.7. The van der Waals surface area contributed by atoms with E-state index in [0.717, 1.165) is 0 Å². The Morgan fingerprint density at radius 1 is 1.25 bits per heavy atom. The van der Waals surface area contributed by atoms with E-state index in [1.807, 2.05) is 0 Å². The molecule has 1 aromatic carbocycles. The maximum atomic E-state index is 12.7. The quantitative estimate of drug-likeness (QED) is 0.812. The van der Waals surface area contributed by atoms with Gasteiger partial charge in [-0.25, -0.2) is 8.42 Å². The number of amides is 1. The second-order valence-corrected chi connectivity index (χ2v) is 8.19. The highest BCUT2D eigenvalue weighted by atomic mass is 35.5. The lowest BCUT2D eigenvalue weighted by molar-refractivity contribution is -0.135. The molecular weight excluding hydrogens is 397 g/mol. The van der Waals surface area contributed by atoms with Crippen LogP contribution in [0.4, 0.5) is 0 Å². The van der Waals surface area contributed by atoms with Gasteiger partial charge in [0, 0.05) is 43.7 Å². The van der Waals surface area contributed by atoms with Crippen LogP contribution in [0.3, 0.4) is 0 Å². The Kier molecular flexibility index (Phi) is 7.77. The van der Waals surface area contributed by atoms with Crippen LogP contribution in [0.1, 0.15) is 6.92 Å². The minimum Gasteiger partial charge on any atom is -0.340 e. The molecular formula is C14H20Cl3N3O3S. The number of piperazine rings is 1. The number of carbonyl (C=O) groups excluding carboxylic acids is 1. The number of rotatable bonds is 4. The van der Waals surface area contributed by atoms with Gasteiger partial charge >= 0.3 is 0 Å². The average Bonchev–Trinajstić information content (AvgIpc) is 2.55. The van der Waals surface area contributed by atoms with Gasteiger partial charge in [-0.2, -0.15) is 4.31 Å². The molecule has 0 spiro atoms. The van der Waals surface area contributed by atoms with Crippen LogP contribution in [0, 0.1) is 5.92 Å². The van der Waals surface area contributed by atoms with Gasteiger partial charge in [-0.15, -0.1) is 12.4 Å². The molecule has 1 saturated heterocycles. The van der Waals surface area contributed by atoms with Crippen LogP contribution >= 0.6 is 35.6 Å². The Balaban J connectivity index is 0.00000288. The fraction of sp³-hybridized carbons (Fsp3) is 0.500. The van der Waals surface area contributed by atoms with E-state index in [4.69, 9.17) is 28.9 Å². The van der Waals surface area contributed by atoms with Crippen molar-refractivity contribution in [3.05, 3.63) is 28.2 Å². The molecule has 0 bridgehead atoms. The van der Waals surface area contributed by atoms with Gasteiger partial charge in [0.25, 0.3) is 0 Å². The summed E-state index contributed by atoms with van der Waals surface area (Å²) in [5.74, 6) is -0.314. The highest BCUT2D eigenvalue weighted by Gasteiger charge is 2.32. The number of sulfonamides is 1. The standard InChI is InChI=1S/C14H19Cl2N3O3S.ClH/c1-10(9-17)14(20)18-4-6-19(7-5-18)23(21,22)13-8-11(15)2-3-12(13)16;/h2-3,8,10H,4-7,9,17H2,1H3;1H. The van der Waals surface area contributed by atoms with Crippen LogP contribution in [-0.2, 0) is 14.8 Å². The van der Waals surface area contributed by atoms with Crippen molar-refractivity contribution < 1.29 is 13.2 Å². The van der Waals surface area contributed by atoms with Gasteiger partial charge in [0.1, 0.15) is 4.90 Å². The van der Waals surface area contributed by atoms with E-state index in [0.29, 0.717) is 18.1 Å². The highest BCUT2D eigenvalue weighted by molar-refractivity contribution is 7.89. The number of carbonyl (C=O) groups is 1. The lowest BCUT2D eigenvalue weighted by atomic mass is 10.1. The molecule has 1 heterocycles. The predicted molar refractivity (Wildman–Crippen MR) is 97.3 cm³/mol. The molecule has 0 aliphatic carbocycles. The summed E-state index contributed by atoms with van der Waals surface area (Å²) >= 11 is 11.9. The van der Waals surface area contributed by atoms with E-state index in [9.17, 15) is 13.2 Å². The Bertz CT molecular complexity index is 692. The molecule has 0 aromatic heterocycles. The van der Waals surface area contributed by atoms with Crippen LogP contribution in [0.15, 0.2) is 23.1 Å². The number of nitrogens with two attached hydrogens (primary N) is 1. The van der Waals surface area contributed by atoms with E-state index >= 15 is 0 Å². The van der Waals surface area contributed by atoms with Crippen molar-refractivity contribution in [2.75, 3.05) is 32.7 Å². The average molecular weight is 417 g/mol. The molecule has 10 heteroatoms. The summed E-state index contributed by atoms with van der Waals surface area (Å²) in [5.41, 5.74) is 5.50. The first kappa shape index (κ1) is 21.5. The van der Waals surface area contributed by atoms with Crippen molar-refractivity contribution in [1.82, 2.24) is 9.21 Å². The topological polar surface area (TPSA) is 83.7 Å². The van der Waals surface area contributed by atoms with Crippen LogP contribution in [-0.4, -0.2) is 56.3 Å².